The number of halogens is 5. The van der Waals surface area contributed by atoms with Gasteiger partial charge in [-0.25, -0.2) is 4.79 Å². The standard InChI is InChI=1S/C23H21Cl2F3N2O3/c24-17-10-16(11-18(25)12-17)22(23(26,27)28)13-19(30-33-22)14-6-8-21(9-7-14,29-20(31)32)15-4-2-1-3-5-15/h1-5,10-12,14,29H,6-9,13H2,(H,31,32). The number of oxime groups is 1. The molecule has 0 bridgehead atoms. The quantitative estimate of drug-likeness (QED) is 0.480. The van der Waals surface area contributed by atoms with Gasteiger partial charge in [0.15, 0.2) is 0 Å². The lowest BCUT2D eigenvalue weighted by Gasteiger charge is -2.40. The lowest BCUT2D eigenvalue weighted by Crippen LogP contribution is -2.48. The van der Waals surface area contributed by atoms with Crippen LogP contribution in [0.4, 0.5) is 18.0 Å². The first-order chi connectivity index (χ1) is 15.5. The number of carboxylic acid groups (broad SMARTS) is 1. The summed E-state index contributed by atoms with van der Waals surface area (Å²) in [6.45, 7) is 0. The number of hydrogen-bond donors (Lipinski definition) is 2. The molecule has 2 aliphatic rings. The van der Waals surface area contributed by atoms with Gasteiger partial charge in [-0.15, -0.1) is 0 Å². The first-order valence-electron chi connectivity index (χ1n) is 10.4. The minimum atomic E-state index is -4.75. The molecule has 1 heterocycles. The summed E-state index contributed by atoms with van der Waals surface area (Å²) in [5.41, 5.74) is -2.53. The van der Waals surface area contributed by atoms with Crippen molar-refractivity contribution in [3.8, 4) is 0 Å². The molecule has 1 unspecified atom stereocenters. The molecule has 5 nitrogen and oxygen atoms in total. The Labute approximate surface area is 198 Å². The number of amides is 1. The third kappa shape index (κ3) is 4.51. The highest BCUT2D eigenvalue weighted by Gasteiger charge is 2.63. The fourth-order valence-electron chi connectivity index (χ4n) is 4.82. The molecule has 1 fully saturated rings. The first kappa shape index (κ1) is 23.7. The normalized spacial score (nSPS) is 27.5. The van der Waals surface area contributed by atoms with Gasteiger partial charge in [-0.05, 0) is 49.4 Å². The van der Waals surface area contributed by atoms with Gasteiger partial charge in [-0.1, -0.05) is 58.7 Å². The van der Waals surface area contributed by atoms with E-state index < -0.39 is 29.8 Å². The second kappa shape index (κ2) is 8.72. The van der Waals surface area contributed by atoms with Crippen LogP contribution in [0.15, 0.2) is 53.7 Å². The minimum absolute atomic E-state index is 0.0724. The summed E-state index contributed by atoms with van der Waals surface area (Å²) in [7, 11) is 0. The number of nitrogens with one attached hydrogen (secondary N) is 1. The summed E-state index contributed by atoms with van der Waals surface area (Å²) < 4.78 is 42.7. The minimum Gasteiger partial charge on any atom is -0.465 e. The molecule has 0 saturated heterocycles. The van der Waals surface area contributed by atoms with Gasteiger partial charge in [0, 0.05) is 27.9 Å². The third-order valence-corrected chi connectivity index (χ3v) is 6.95. The molecule has 1 aliphatic heterocycles. The molecule has 4 rings (SSSR count). The number of benzene rings is 2. The van der Waals surface area contributed by atoms with Crippen LogP contribution in [0.5, 0.6) is 0 Å². The summed E-state index contributed by atoms with van der Waals surface area (Å²) in [6, 6.07) is 12.9. The van der Waals surface area contributed by atoms with Crippen LogP contribution in [-0.4, -0.2) is 23.1 Å². The number of hydrogen-bond acceptors (Lipinski definition) is 3. The zero-order valence-electron chi connectivity index (χ0n) is 17.3. The van der Waals surface area contributed by atoms with Crippen LogP contribution in [0, 0.1) is 5.92 Å². The van der Waals surface area contributed by atoms with E-state index in [0.29, 0.717) is 31.4 Å². The van der Waals surface area contributed by atoms with Gasteiger partial charge in [-0.3, -0.25) is 0 Å². The number of nitrogens with zero attached hydrogens (tertiary/aromatic N) is 1. The van der Waals surface area contributed by atoms with Gasteiger partial charge in [0.1, 0.15) is 0 Å². The number of carbonyl (C=O) groups is 1. The molecule has 0 aromatic heterocycles. The van der Waals surface area contributed by atoms with Crippen molar-refractivity contribution in [1.82, 2.24) is 5.32 Å². The van der Waals surface area contributed by atoms with Gasteiger partial charge >= 0.3 is 12.3 Å². The van der Waals surface area contributed by atoms with Crippen molar-refractivity contribution in [3.63, 3.8) is 0 Å². The van der Waals surface area contributed by atoms with E-state index >= 15 is 0 Å². The summed E-state index contributed by atoms with van der Waals surface area (Å²) in [5.74, 6) is -0.267. The fraction of sp³-hybridized carbons (Fsp3) is 0.391. The van der Waals surface area contributed by atoms with Crippen LogP contribution in [0.2, 0.25) is 10.0 Å². The molecule has 0 radical (unpaired) electrons. The number of rotatable bonds is 4. The van der Waals surface area contributed by atoms with E-state index in [4.69, 9.17) is 28.0 Å². The van der Waals surface area contributed by atoms with Crippen molar-refractivity contribution in [2.75, 3.05) is 0 Å². The van der Waals surface area contributed by atoms with Crippen LogP contribution >= 0.6 is 23.2 Å². The van der Waals surface area contributed by atoms with Crippen molar-refractivity contribution in [2.45, 2.75) is 49.4 Å². The molecule has 1 saturated carbocycles. The van der Waals surface area contributed by atoms with E-state index in [1.165, 1.54) is 18.2 Å². The first-order valence-corrected chi connectivity index (χ1v) is 11.2. The Balaban J connectivity index is 1.56. The molecule has 10 heteroatoms. The summed E-state index contributed by atoms with van der Waals surface area (Å²) in [4.78, 5) is 16.6. The molecule has 2 aromatic rings. The van der Waals surface area contributed by atoms with Crippen molar-refractivity contribution < 1.29 is 27.9 Å². The van der Waals surface area contributed by atoms with E-state index in [1.807, 2.05) is 30.3 Å². The van der Waals surface area contributed by atoms with Gasteiger partial charge < -0.3 is 15.3 Å². The predicted octanol–water partition coefficient (Wildman–Crippen LogP) is 6.88. The summed E-state index contributed by atoms with van der Waals surface area (Å²) >= 11 is 11.9. The Morgan fingerprint density at radius 1 is 1.06 bits per heavy atom. The Morgan fingerprint density at radius 2 is 1.67 bits per heavy atom. The van der Waals surface area contributed by atoms with Crippen LogP contribution < -0.4 is 5.32 Å². The zero-order chi connectivity index (χ0) is 23.9. The van der Waals surface area contributed by atoms with E-state index in [0.717, 1.165) is 5.56 Å². The summed E-state index contributed by atoms with van der Waals surface area (Å²) in [5, 5.41) is 16.1. The topological polar surface area (TPSA) is 70.9 Å². The molecule has 2 N–H and O–H groups in total. The van der Waals surface area contributed by atoms with E-state index in [1.54, 1.807) is 0 Å². The predicted molar refractivity (Wildman–Crippen MR) is 119 cm³/mol. The monoisotopic (exact) mass is 500 g/mol. The second-order valence-corrected chi connectivity index (χ2v) is 9.36. The molecular weight excluding hydrogens is 480 g/mol. The maximum atomic E-state index is 14.2. The second-order valence-electron chi connectivity index (χ2n) is 8.49. The van der Waals surface area contributed by atoms with Crippen molar-refractivity contribution in [2.24, 2.45) is 11.1 Å². The molecule has 1 amide bonds. The van der Waals surface area contributed by atoms with Crippen molar-refractivity contribution in [3.05, 3.63) is 69.7 Å². The number of alkyl halides is 3. The van der Waals surface area contributed by atoms with E-state index in [-0.39, 0.29) is 21.5 Å². The van der Waals surface area contributed by atoms with Crippen LogP contribution in [-0.2, 0) is 16.0 Å². The lowest BCUT2D eigenvalue weighted by atomic mass is 9.70. The molecular formula is C23H21Cl2F3N2O3. The highest BCUT2D eigenvalue weighted by atomic mass is 35.5. The molecule has 1 atom stereocenters. The lowest BCUT2D eigenvalue weighted by molar-refractivity contribution is -0.275. The third-order valence-electron chi connectivity index (χ3n) is 6.52. The maximum absolute atomic E-state index is 14.2. The average molecular weight is 501 g/mol. The Morgan fingerprint density at radius 3 is 2.21 bits per heavy atom. The van der Waals surface area contributed by atoms with Crippen LogP contribution in [0.1, 0.15) is 43.2 Å². The SMILES string of the molecule is O=C(O)NC1(c2ccccc2)CCC(C2=NOC(c3cc(Cl)cc(Cl)c3)(C(F)(F)F)C2)CC1. The van der Waals surface area contributed by atoms with Gasteiger partial charge in [-0.2, -0.15) is 13.2 Å². The van der Waals surface area contributed by atoms with E-state index in [2.05, 4.69) is 10.5 Å². The largest absolute Gasteiger partial charge is 0.465 e. The molecule has 0 spiro atoms. The highest BCUT2D eigenvalue weighted by Crippen LogP contribution is 2.51. The van der Waals surface area contributed by atoms with Gasteiger partial charge in [0.05, 0.1) is 11.3 Å². The van der Waals surface area contributed by atoms with Crippen LogP contribution in [0.3, 0.4) is 0 Å². The smallest absolute Gasteiger partial charge is 0.435 e. The molecule has 2 aromatic carbocycles. The Bertz CT molecular complexity index is 1050. The highest BCUT2D eigenvalue weighted by molar-refractivity contribution is 6.34. The van der Waals surface area contributed by atoms with Crippen molar-refractivity contribution in [1.29, 1.82) is 0 Å². The molecule has 1 aliphatic carbocycles. The van der Waals surface area contributed by atoms with Crippen LogP contribution in [0.25, 0.3) is 0 Å². The van der Waals surface area contributed by atoms with Crippen molar-refractivity contribution >= 4 is 35.0 Å². The zero-order valence-corrected chi connectivity index (χ0v) is 18.8. The van der Waals surface area contributed by atoms with Gasteiger partial charge in [0.2, 0.25) is 0 Å². The fourth-order valence-corrected chi connectivity index (χ4v) is 5.35. The summed E-state index contributed by atoms with van der Waals surface area (Å²) in [6.07, 6.45) is -4.59. The Kier molecular flexibility index (Phi) is 6.26. The Hall–Kier alpha value is -2.45. The maximum Gasteiger partial charge on any atom is 0.435 e. The average Bonchev–Trinajstić information content (AvgIpc) is 3.21. The molecule has 176 valence electrons. The van der Waals surface area contributed by atoms with Gasteiger partial charge in [0.25, 0.3) is 5.60 Å². The molecule has 33 heavy (non-hydrogen) atoms. The van der Waals surface area contributed by atoms with E-state index in [9.17, 15) is 23.1 Å².